The average molecular weight is 254 g/mol. The number of fused-ring (bicyclic) bond motifs is 2. The minimum atomic E-state index is 0.867. The van der Waals surface area contributed by atoms with E-state index in [1.54, 1.807) is 0 Å². The van der Waals surface area contributed by atoms with Crippen molar-refractivity contribution < 1.29 is 0 Å². The highest BCUT2D eigenvalue weighted by molar-refractivity contribution is 5.76. The van der Waals surface area contributed by atoms with Crippen molar-refractivity contribution in [2.24, 2.45) is 0 Å². The van der Waals surface area contributed by atoms with Gasteiger partial charge in [0.25, 0.3) is 0 Å². The van der Waals surface area contributed by atoms with Crippen LogP contribution in [0.15, 0.2) is 36.7 Å². The van der Waals surface area contributed by atoms with Gasteiger partial charge in [-0.05, 0) is 32.0 Å². The number of hydrogen-bond donors (Lipinski definition) is 0. The summed E-state index contributed by atoms with van der Waals surface area (Å²) in [6.45, 7) is 7.03. The first-order chi connectivity index (χ1) is 9.35. The van der Waals surface area contributed by atoms with Gasteiger partial charge in [-0.25, -0.2) is 9.97 Å². The summed E-state index contributed by atoms with van der Waals surface area (Å²) in [5.41, 5.74) is 2.44. The van der Waals surface area contributed by atoms with Gasteiger partial charge in [-0.15, -0.1) is 0 Å². The van der Waals surface area contributed by atoms with Gasteiger partial charge in [0.05, 0.1) is 5.69 Å². The molecule has 4 heteroatoms. The zero-order valence-electron chi connectivity index (χ0n) is 11.4. The Kier molecular flexibility index (Phi) is 3.07. The Labute approximate surface area is 113 Å². The highest BCUT2D eigenvalue weighted by Gasteiger charge is 2.24. The number of rotatable bonds is 2. The second kappa shape index (κ2) is 4.88. The molecule has 0 fully saturated rings. The highest BCUT2D eigenvalue weighted by atomic mass is 15.3. The van der Waals surface area contributed by atoms with Crippen molar-refractivity contribution in [3.05, 3.63) is 42.2 Å². The van der Waals surface area contributed by atoms with Crippen LogP contribution in [-0.2, 0) is 6.54 Å². The first kappa shape index (κ1) is 12.0. The lowest BCUT2D eigenvalue weighted by Gasteiger charge is -2.24. The van der Waals surface area contributed by atoms with Crippen molar-refractivity contribution in [3.63, 3.8) is 0 Å². The van der Waals surface area contributed by atoms with Crippen LogP contribution in [0.25, 0.3) is 0 Å². The van der Waals surface area contributed by atoms with E-state index in [9.17, 15) is 0 Å². The van der Waals surface area contributed by atoms with E-state index in [1.165, 1.54) is 11.3 Å². The minimum Gasteiger partial charge on any atom is -0.364 e. The molecule has 0 aromatic carbocycles. The lowest BCUT2D eigenvalue weighted by Crippen LogP contribution is -2.22. The molecule has 0 unspecified atom stereocenters. The van der Waals surface area contributed by atoms with Crippen LogP contribution in [0.4, 0.5) is 17.3 Å². The van der Waals surface area contributed by atoms with Crippen LogP contribution in [0.5, 0.6) is 0 Å². The van der Waals surface area contributed by atoms with Crippen LogP contribution in [0.3, 0.4) is 0 Å². The third kappa shape index (κ3) is 1.93. The summed E-state index contributed by atoms with van der Waals surface area (Å²) in [7, 11) is 0. The maximum atomic E-state index is 4.57. The van der Waals surface area contributed by atoms with E-state index >= 15 is 0 Å². The van der Waals surface area contributed by atoms with Crippen molar-refractivity contribution >= 4 is 17.3 Å². The monoisotopic (exact) mass is 254 g/mol. The molecule has 0 amide bonds. The third-order valence-corrected chi connectivity index (χ3v) is 3.54. The largest absolute Gasteiger partial charge is 0.364 e. The van der Waals surface area contributed by atoms with Crippen LogP contribution in [0.1, 0.15) is 19.4 Å². The van der Waals surface area contributed by atoms with Crippen molar-refractivity contribution in [3.8, 4) is 0 Å². The van der Waals surface area contributed by atoms with Gasteiger partial charge in [-0.1, -0.05) is 6.07 Å². The van der Waals surface area contributed by atoms with E-state index in [4.69, 9.17) is 0 Å². The topological polar surface area (TPSA) is 32.3 Å². The van der Waals surface area contributed by atoms with Crippen LogP contribution in [-0.4, -0.2) is 23.1 Å². The van der Waals surface area contributed by atoms with Gasteiger partial charge < -0.3 is 9.80 Å². The molecular weight excluding hydrogens is 236 g/mol. The standard InChI is InChI=1S/C15H18N4/c1-3-18-11-12-7-5-9-16-14(12)19(4-2)15-13(18)8-6-10-17-15/h5-10H,3-4,11H2,1-2H3. The van der Waals surface area contributed by atoms with E-state index in [-0.39, 0.29) is 0 Å². The molecule has 0 bridgehead atoms. The molecule has 0 spiro atoms. The molecule has 0 atom stereocenters. The maximum Gasteiger partial charge on any atom is 0.157 e. The Morgan fingerprint density at radius 2 is 1.74 bits per heavy atom. The summed E-state index contributed by atoms with van der Waals surface area (Å²) < 4.78 is 0. The smallest absolute Gasteiger partial charge is 0.157 e. The number of pyridine rings is 2. The Balaban J connectivity index is 2.22. The van der Waals surface area contributed by atoms with Crippen LogP contribution < -0.4 is 9.80 Å². The highest BCUT2D eigenvalue weighted by Crippen LogP contribution is 2.37. The van der Waals surface area contributed by atoms with Crippen molar-refractivity contribution in [2.45, 2.75) is 20.4 Å². The average Bonchev–Trinajstić information content (AvgIpc) is 2.61. The van der Waals surface area contributed by atoms with Gasteiger partial charge in [0.1, 0.15) is 5.82 Å². The van der Waals surface area contributed by atoms with Gasteiger partial charge in [0.15, 0.2) is 5.82 Å². The summed E-state index contributed by atoms with van der Waals surface area (Å²) in [4.78, 5) is 13.7. The molecule has 98 valence electrons. The fourth-order valence-electron chi connectivity index (χ4n) is 2.61. The Morgan fingerprint density at radius 3 is 2.47 bits per heavy atom. The van der Waals surface area contributed by atoms with Gasteiger partial charge in [-0.2, -0.15) is 0 Å². The molecule has 1 aliphatic rings. The fraction of sp³-hybridized carbons (Fsp3) is 0.333. The Bertz CT molecular complexity index is 582. The molecular formula is C15H18N4. The van der Waals surface area contributed by atoms with Gasteiger partial charge in [-0.3, -0.25) is 0 Å². The summed E-state index contributed by atoms with van der Waals surface area (Å²) in [5, 5.41) is 0. The Morgan fingerprint density at radius 1 is 1.00 bits per heavy atom. The van der Waals surface area contributed by atoms with Gasteiger partial charge >= 0.3 is 0 Å². The third-order valence-electron chi connectivity index (χ3n) is 3.54. The molecule has 0 radical (unpaired) electrons. The number of anilines is 3. The lowest BCUT2D eigenvalue weighted by molar-refractivity contribution is 0.836. The summed E-state index contributed by atoms with van der Waals surface area (Å²) >= 11 is 0. The zero-order valence-corrected chi connectivity index (χ0v) is 11.4. The van der Waals surface area contributed by atoms with E-state index in [0.29, 0.717) is 0 Å². The van der Waals surface area contributed by atoms with E-state index < -0.39 is 0 Å². The quantitative estimate of drug-likeness (QED) is 0.824. The first-order valence-electron chi connectivity index (χ1n) is 6.76. The van der Waals surface area contributed by atoms with E-state index in [1.807, 2.05) is 24.5 Å². The molecule has 0 N–H and O–H groups in total. The SMILES string of the molecule is CCN1Cc2cccnc2N(CC)c2ncccc21. The predicted octanol–water partition coefficient (Wildman–Crippen LogP) is 2.97. The second-order valence-corrected chi connectivity index (χ2v) is 4.59. The Hall–Kier alpha value is -2.10. The maximum absolute atomic E-state index is 4.57. The number of aromatic nitrogens is 2. The summed E-state index contributed by atoms with van der Waals surface area (Å²) in [5.74, 6) is 2.03. The molecule has 1 aliphatic heterocycles. The lowest BCUT2D eigenvalue weighted by atomic mass is 10.2. The first-order valence-corrected chi connectivity index (χ1v) is 6.76. The van der Waals surface area contributed by atoms with E-state index in [2.05, 4.69) is 45.7 Å². The molecule has 2 aromatic rings. The number of hydrogen-bond acceptors (Lipinski definition) is 4. The molecule has 19 heavy (non-hydrogen) atoms. The van der Waals surface area contributed by atoms with Crippen LogP contribution >= 0.6 is 0 Å². The van der Waals surface area contributed by atoms with Gasteiger partial charge in [0.2, 0.25) is 0 Å². The van der Waals surface area contributed by atoms with Crippen molar-refractivity contribution in [2.75, 3.05) is 22.9 Å². The van der Waals surface area contributed by atoms with E-state index in [0.717, 1.165) is 31.3 Å². The molecule has 4 nitrogen and oxygen atoms in total. The zero-order chi connectivity index (χ0) is 13.2. The minimum absolute atomic E-state index is 0.867. The van der Waals surface area contributed by atoms with Gasteiger partial charge in [0, 0.05) is 37.6 Å². The predicted molar refractivity (Wildman–Crippen MR) is 77.9 cm³/mol. The van der Waals surface area contributed by atoms with Crippen LogP contribution in [0.2, 0.25) is 0 Å². The van der Waals surface area contributed by atoms with Crippen molar-refractivity contribution in [1.29, 1.82) is 0 Å². The summed E-state index contributed by atoms with van der Waals surface area (Å²) in [6, 6.07) is 8.29. The second-order valence-electron chi connectivity index (χ2n) is 4.59. The van der Waals surface area contributed by atoms with Crippen molar-refractivity contribution in [1.82, 2.24) is 9.97 Å². The summed E-state index contributed by atoms with van der Waals surface area (Å²) in [6.07, 6.45) is 3.70. The molecule has 0 aliphatic carbocycles. The molecule has 3 rings (SSSR count). The fourth-order valence-corrected chi connectivity index (χ4v) is 2.61. The molecule has 2 aromatic heterocycles. The molecule has 0 saturated carbocycles. The van der Waals surface area contributed by atoms with Crippen LogP contribution in [0, 0.1) is 0 Å². The molecule has 3 heterocycles. The normalized spacial score (nSPS) is 13.8. The number of nitrogens with zero attached hydrogens (tertiary/aromatic N) is 4. The molecule has 0 saturated heterocycles.